The number of carbonyl (C=O) groups is 1. The Labute approximate surface area is 104 Å². The van der Waals surface area contributed by atoms with Crippen LogP contribution in [0.2, 0.25) is 0 Å². The van der Waals surface area contributed by atoms with Crippen molar-refractivity contribution in [1.82, 2.24) is 15.6 Å². The third-order valence-electron chi connectivity index (χ3n) is 2.66. The van der Waals surface area contributed by atoms with Crippen LogP contribution in [0.5, 0.6) is 0 Å². The monoisotopic (exact) mass is 245 g/mol. The molecule has 5 nitrogen and oxygen atoms in total. The van der Waals surface area contributed by atoms with E-state index >= 15 is 0 Å². The van der Waals surface area contributed by atoms with Gasteiger partial charge in [0.2, 0.25) is 0 Å². The molecule has 94 valence electrons. The van der Waals surface area contributed by atoms with Crippen molar-refractivity contribution in [3.63, 3.8) is 0 Å². The maximum absolute atomic E-state index is 11.8. The van der Waals surface area contributed by atoms with E-state index in [2.05, 4.69) is 15.6 Å². The molecule has 0 saturated carbocycles. The second-order valence-electron chi connectivity index (χ2n) is 3.96. The minimum Gasteiger partial charge on any atom is -0.351 e. The van der Waals surface area contributed by atoms with Crippen LogP contribution in [0.25, 0.3) is 10.9 Å². The molecular formula is C13H15N3O2. The number of hydrogen-bond acceptors (Lipinski definition) is 3. The van der Waals surface area contributed by atoms with Crippen molar-refractivity contribution in [3.05, 3.63) is 46.2 Å². The zero-order valence-electron chi connectivity index (χ0n) is 10.1. The summed E-state index contributed by atoms with van der Waals surface area (Å²) in [6, 6.07) is 8.98. The van der Waals surface area contributed by atoms with Gasteiger partial charge in [-0.2, -0.15) is 0 Å². The second-order valence-corrected chi connectivity index (χ2v) is 3.96. The predicted molar refractivity (Wildman–Crippen MR) is 70.8 cm³/mol. The Morgan fingerprint density at radius 2 is 2.06 bits per heavy atom. The molecular weight excluding hydrogens is 230 g/mol. The Kier molecular flexibility index (Phi) is 3.74. The summed E-state index contributed by atoms with van der Waals surface area (Å²) < 4.78 is 0. The van der Waals surface area contributed by atoms with Crippen LogP contribution in [-0.4, -0.2) is 31.0 Å². The maximum atomic E-state index is 11.8. The highest BCUT2D eigenvalue weighted by atomic mass is 16.2. The number of pyridine rings is 1. The molecule has 2 aromatic rings. The molecule has 0 fully saturated rings. The number of aromatic nitrogens is 1. The molecule has 1 heterocycles. The zero-order chi connectivity index (χ0) is 13.0. The number of para-hydroxylation sites is 1. The molecule has 0 saturated heterocycles. The number of amides is 1. The lowest BCUT2D eigenvalue weighted by molar-refractivity contribution is 0.0953. The minimum absolute atomic E-state index is 0.143. The molecule has 0 spiro atoms. The van der Waals surface area contributed by atoms with E-state index < -0.39 is 0 Å². The van der Waals surface area contributed by atoms with Gasteiger partial charge in [0, 0.05) is 18.6 Å². The second kappa shape index (κ2) is 5.46. The van der Waals surface area contributed by atoms with Crippen molar-refractivity contribution in [2.75, 3.05) is 20.1 Å². The molecule has 0 aliphatic heterocycles. The van der Waals surface area contributed by atoms with E-state index in [9.17, 15) is 9.59 Å². The van der Waals surface area contributed by atoms with Crippen LogP contribution in [0.15, 0.2) is 35.1 Å². The standard InChI is InChI=1S/C13H15N3O2/c1-14-6-7-15-12(17)10-8-9-4-2-3-5-11(9)16-13(10)18/h2-5,8,14H,6-7H2,1H3,(H,15,17)(H,16,18). The number of hydrogen-bond donors (Lipinski definition) is 3. The Morgan fingerprint density at radius 3 is 2.83 bits per heavy atom. The average molecular weight is 245 g/mol. The largest absolute Gasteiger partial charge is 0.351 e. The molecule has 1 amide bonds. The summed E-state index contributed by atoms with van der Waals surface area (Å²) in [5.41, 5.74) is 0.509. The summed E-state index contributed by atoms with van der Waals surface area (Å²) in [5, 5.41) is 6.45. The number of fused-ring (bicyclic) bond motifs is 1. The number of rotatable bonds is 4. The third-order valence-corrected chi connectivity index (χ3v) is 2.66. The van der Waals surface area contributed by atoms with E-state index in [0.717, 1.165) is 10.9 Å². The zero-order valence-corrected chi connectivity index (χ0v) is 10.1. The lowest BCUT2D eigenvalue weighted by Crippen LogP contribution is -2.33. The fourth-order valence-corrected chi connectivity index (χ4v) is 1.71. The first-order valence-electron chi connectivity index (χ1n) is 5.77. The fourth-order valence-electron chi connectivity index (χ4n) is 1.71. The van der Waals surface area contributed by atoms with Gasteiger partial charge in [0.05, 0.1) is 0 Å². The Bertz CT molecular complexity index is 619. The normalized spacial score (nSPS) is 10.5. The topological polar surface area (TPSA) is 74.0 Å². The lowest BCUT2D eigenvalue weighted by atomic mass is 10.1. The SMILES string of the molecule is CNCCNC(=O)c1cc2ccccc2[nH]c1=O. The van der Waals surface area contributed by atoms with Crippen LogP contribution in [0.3, 0.4) is 0 Å². The van der Waals surface area contributed by atoms with Gasteiger partial charge in [-0.05, 0) is 24.6 Å². The molecule has 0 radical (unpaired) electrons. The number of carbonyl (C=O) groups excluding carboxylic acids is 1. The average Bonchev–Trinajstić information content (AvgIpc) is 2.38. The summed E-state index contributed by atoms with van der Waals surface area (Å²) in [7, 11) is 1.80. The van der Waals surface area contributed by atoms with Gasteiger partial charge in [-0.15, -0.1) is 0 Å². The lowest BCUT2D eigenvalue weighted by Gasteiger charge is -2.05. The van der Waals surface area contributed by atoms with E-state index in [-0.39, 0.29) is 17.0 Å². The number of H-pyrrole nitrogens is 1. The van der Waals surface area contributed by atoms with Crippen molar-refractivity contribution >= 4 is 16.8 Å². The van der Waals surface area contributed by atoms with Gasteiger partial charge in [-0.3, -0.25) is 9.59 Å². The fraction of sp³-hybridized carbons (Fsp3) is 0.231. The van der Waals surface area contributed by atoms with Crippen molar-refractivity contribution in [2.45, 2.75) is 0 Å². The summed E-state index contributed by atoms with van der Waals surface area (Å²) in [4.78, 5) is 26.3. The maximum Gasteiger partial charge on any atom is 0.261 e. The van der Waals surface area contributed by atoms with Crippen molar-refractivity contribution in [2.24, 2.45) is 0 Å². The van der Waals surface area contributed by atoms with E-state index in [1.807, 2.05) is 18.2 Å². The molecule has 5 heteroatoms. The van der Waals surface area contributed by atoms with Gasteiger partial charge >= 0.3 is 0 Å². The number of benzene rings is 1. The Morgan fingerprint density at radius 1 is 1.28 bits per heavy atom. The molecule has 0 aliphatic carbocycles. The van der Waals surface area contributed by atoms with Crippen LogP contribution in [0.4, 0.5) is 0 Å². The number of nitrogens with one attached hydrogen (secondary N) is 3. The first-order chi connectivity index (χ1) is 8.72. The summed E-state index contributed by atoms with van der Waals surface area (Å²) in [6.45, 7) is 1.15. The molecule has 2 rings (SSSR count). The molecule has 18 heavy (non-hydrogen) atoms. The summed E-state index contributed by atoms with van der Waals surface area (Å²) in [5.74, 6) is -0.350. The van der Waals surface area contributed by atoms with E-state index in [0.29, 0.717) is 13.1 Å². The molecule has 0 atom stereocenters. The van der Waals surface area contributed by atoms with Crippen molar-refractivity contribution < 1.29 is 4.79 Å². The van der Waals surface area contributed by atoms with E-state index in [1.54, 1.807) is 19.2 Å². The molecule has 0 unspecified atom stereocenters. The van der Waals surface area contributed by atoms with Gasteiger partial charge in [-0.1, -0.05) is 18.2 Å². The Hall–Kier alpha value is -2.14. The van der Waals surface area contributed by atoms with Gasteiger partial charge in [0.25, 0.3) is 11.5 Å². The van der Waals surface area contributed by atoms with Crippen LogP contribution in [0.1, 0.15) is 10.4 Å². The minimum atomic E-state index is -0.365. The van der Waals surface area contributed by atoms with Crippen molar-refractivity contribution in [1.29, 1.82) is 0 Å². The summed E-state index contributed by atoms with van der Waals surface area (Å²) >= 11 is 0. The van der Waals surface area contributed by atoms with E-state index in [1.165, 1.54) is 0 Å². The van der Waals surface area contributed by atoms with Gasteiger partial charge in [0.1, 0.15) is 5.56 Å². The Balaban J connectivity index is 2.30. The predicted octanol–water partition coefficient (Wildman–Crippen LogP) is 0.477. The highest BCUT2D eigenvalue weighted by molar-refractivity contribution is 5.97. The number of likely N-dealkylation sites (N-methyl/N-ethyl adjacent to an activating group) is 1. The highest BCUT2D eigenvalue weighted by Crippen LogP contribution is 2.09. The molecule has 1 aromatic heterocycles. The first-order valence-corrected chi connectivity index (χ1v) is 5.77. The number of aromatic amines is 1. The van der Waals surface area contributed by atoms with E-state index in [4.69, 9.17) is 0 Å². The van der Waals surface area contributed by atoms with Crippen LogP contribution < -0.4 is 16.2 Å². The van der Waals surface area contributed by atoms with Gasteiger partial charge in [-0.25, -0.2) is 0 Å². The molecule has 0 bridgehead atoms. The van der Waals surface area contributed by atoms with Gasteiger partial charge < -0.3 is 15.6 Å². The molecule has 0 aliphatic rings. The highest BCUT2D eigenvalue weighted by Gasteiger charge is 2.10. The molecule has 1 aromatic carbocycles. The summed E-state index contributed by atoms with van der Waals surface area (Å²) in [6.07, 6.45) is 0. The van der Waals surface area contributed by atoms with Gasteiger partial charge in [0.15, 0.2) is 0 Å². The first kappa shape index (κ1) is 12.3. The quantitative estimate of drug-likeness (QED) is 0.686. The third kappa shape index (κ3) is 2.57. The van der Waals surface area contributed by atoms with Crippen molar-refractivity contribution in [3.8, 4) is 0 Å². The van der Waals surface area contributed by atoms with Crippen LogP contribution in [0, 0.1) is 0 Å². The smallest absolute Gasteiger partial charge is 0.261 e. The van der Waals surface area contributed by atoms with Crippen LogP contribution >= 0.6 is 0 Å². The molecule has 3 N–H and O–H groups in total. The van der Waals surface area contributed by atoms with Crippen LogP contribution in [-0.2, 0) is 0 Å².